The average molecular weight is 410 g/mol. The summed E-state index contributed by atoms with van der Waals surface area (Å²) in [5.74, 6) is -1.48. The van der Waals surface area contributed by atoms with Gasteiger partial charge in [-0.1, -0.05) is 42.5 Å². The highest BCUT2D eigenvalue weighted by molar-refractivity contribution is 6.22. The molecule has 0 spiro atoms. The maximum atomic E-state index is 13.1. The molecular formula is C23H26N2O5. The van der Waals surface area contributed by atoms with Gasteiger partial charge in [-0.25, -0.2) is 0 Å². The van der Waals surface area contributed by atoms with Crippen molar-refractivity contribution >= 4 is 17.7 Å². The molecule has 0 aromatic heterocycles. The lowest BCUT2D eigenvalue weighted by atomic mass is 10.0. The van der Waals surface area contributed by atoms with Crippen LogP contribution in [0.25, 0.3) is 0 Å². The van der Waals surface area contributed by atoms with Crippen molar-refractivity contribution in [1.82, 2.24) is 10.2 Å². The molecule has 0 fully saturated rings. The largest absolute Gasteiger partial charge is 0.396 e. The SMILES string of the molecule is O=C(N[C@H](CO)Cc1ccccc1)[C@H](CCCCO)N1C(=O)c2ccccc2C1=O. The Morgan fingerprint density at radius 2 is 1.50 bits per heavy atom. The van der Waals surface area contributed by atoms with Crippen molar-refractivity contribution in [2.24, 2.45) is 0 Å². The van der Waals surface area contributed by atoms with Crippen LogP contribution in [0.3, 0.4) is 0 Å². The molecule has 0 unspecified atom stereocenters. The van der Waals surface area contributed by atoms with Crippen molar-refractivity contribution < 1.29 is 24.6 Å². The molecule has 1 aliphatic heterocycles. The molecule has 30 heavy (non-hydrogen) atoms. The summed E-state index contributed by atoms with van der Waals surface area (Å²) in [4.78, 5) is 39.8. The lowest BCUT2D eigenvalue weighted by Crippen LogP contribution is -2.53. The minimum absolute atomic E-state index is 0.0380. The number of hydrogen-bond acceptors (Lipinski definition) is 5. The van der Waals surface area contributed by atoms with Gasteiger partial charge in [0.05, 0.1) is 23.8 Å². The predicted octanol–water partition coefficient (Wildman–Crippen LogP) is 1.53. The van der Waals surface area contributed by atoms with Crippen molar-refractivity contribution in [2.45, 2.75) is 37.8 Å². The van der Waals surface area contributed by atoms with Gasteiger partial charge in [0, 0.05) is 6.61 Å². The summed E-state index contributed by atoms with van der Waals surface area (Å²) in [5, 5.41) is 21.6. The van der Waals surface area contributed by atoms with Crippen LogP contribution >= 0.6 is 0 Å². The fourth-order valence-corrected chi connectivity index (χ4v) is 3.68. The molecule has 2 atom stereocenters. The van der Waals surface area contributed by atoms with E-state index in [1.807, 2.05) is 30.3 Å². The Balaban J connectivity index is 1.78. The number of aliphatic hydroxyl groups excluding tert-OH is 2. The van der Waals surface area contributed by atoms with Crippen molar-refractivity contribution in [3.05, 3.63) is 71.3 Å². The quantitative estimate of drug-likeness (QED) is 0.407. The molecule has 7 nitrogen and oxygen atoms in total. The summed E-state index contributed by atoms with van der Waals surface area (Å²) in [6, 6.07) is 14.4. The van der Waals surface area contributed by atoms with Gasteiger partial charge in [0.1, 0.15) is 6.04 Å². The molecule has 3 N–H and O–H groups in total. The molecule has 0 bridgehead atoms. The number of fused-ring (bicyclic) bond motifs is 1. The zero-order valence-electron chi connectivity index (χ0n) is 16.7. The number of nitrogens with one attached hydrogen (secondary N) is 1. The normalized spacial score (nSPS) is 15.1. The second-order valence-corrected chi connectivity index (χ2v) is 7.34. The Labute approximate surface area is 175 Å². The molecule has 1 aliphatic rings. The summed E-state index contributed by atoms with van der Waals surface area (Å²) in [6.45, 7) is -0.310. The molecule has 158 valence electrons. The summed E-state index contributed by atoms with van der Waals surface area (Å²) >= 11 is 0. The van der Waals surface area contributed by atoms with Gasteiger partial charge < -0.3 is 15.5 Å². The number of unbranched alkanes of at least 4 members (excludes halogenated alkanes) is 1. The molecule has 1 heterocycles. The summed E-state index contributed by atoms with van der Waals surface area (Å²) in [6.07, 6.45) is 1.60. The summed E-state index contributed by atoms with van der Waals surface area (Å²) < 4.78 is 0. The van der Waals surface area contributed by atoms with E-state index in [0.717, 1.165) is 10.5 Å². The van der Waals surface area contributed by atoms with Crippen LogP contribution < -0.4 is 5.32 Å². The van der Waals surface area contributed by atoms with E-state index in [1.165, 1.54) is 0 Å². The Morgan fingerprint density at radius 3 is 2.07 bits per heavy atom. The third-order valence-corrected chi connectivity index (χ3v) is 5.22. The number of carbonyl (C=O) groups is 3. The monoisotopic (exact) mass is 410 g/mol. The van der Waals surface area contributed by atoms with Crippen LogP contribution in [0.1, 0.15) is 45.5 Å². The maximum absolute atomic E-state index is 13.1. The third-order valence-electron chi connectivity index (χ3n) is 5.22. The van der Waals surface area contributed by atoms with Crippen LogP contribution in [0.15, 0.2) is 54.6 Å². The first-order valence-corrected chi connectivity index (χ1v) is 10.1. The van der Waals surface area contributed by atoms with Crippen molar-refractivity contribution in [3.63, 3.8) is 0 Å². The number of imide groups is 1. The number of aliphatic hydroxyl groups is 2. The summed E-state index contributed by atoms with van der Waals surface area (Å²) in [7, 11) is 0. The highest BCUT2D eigenvalue weighted by atomic mass is 16.3. The van der Waals surface area contributed by atoms with Crippen molar-refractivity contribution in [2.75, 3.05) is 13.2 Å². The molecule has 3 rings (SSSR count). The smallest absolute Gasteiger partial charge is 0.262 e. The van der Waals surface area contributed by atoms with Crippen LogP contribution in [-0.2, 0) is 11.2 Å². The fraction of sp³-hybridized carbons (Fsp3) is 0.348. The van der Waals surface area contributed by atoms with Crippen LogP contribution in [0.4, 0.5) is 0 Å². The van der Waals surface area contributed by atoms with Gasteiger partial charge >= 0.3 is 0 Å². The first-order valence-electron chi connectivity index (χ1n) is 10.1. The fourth-order valence-electron chi connectivity index (χ4n) is 3.68. The third kappa shape index (κ3) is 4.75. The lowest BCUT2D eigenvalue weighted by Gasteiger charge is -2.27. The molecule has 7 heteroatoms. The molecule has 0 aliphatic carbocycles. The van der Waals surface area contributed by atoms with E-state index in [0.29, 0.717) is 19.3 Å². The molecule has 0 saturated carbocycles. The Morgan fingerprint density at radius 1 is 0.900 bits per heavy atom. The van der Waals surface area contributed by atoms with E-state index in [9.17, 15) is 19.5 Å². The highest BCUT2D eigenvalue weighted by Crippen LogP contribution is 2.26. The molecule has 2 aromatic carbocycles. The zero-order chi connectivity index (χ0) is 21.5. The standard InChI is InChI=1S/C23H26N2O5/c26-13-7-6-12-20(25-22(29)18-10-4-5-11-19(18)23(25)30)21(28)24-17(15-27)14-16-8-2-1-3-9-16/h1-5,8-11,17,20,26-27H,6-7,12-15H2,(H,24,28)/t17-,20-/m0/s1. The van der Waals surface area contributed by atoms with E-state index in [2.05, 4.69) is 5.32 Å². The van der Waals surface area contributed by atoms with Crippen LogP contribution in [0.5, 0.6) is 0 Å². The van der Waals surface area contributed by atoms with Crippen LogP contribution in [-0.4, -0.2) is 58.1 Å². The maximum Gasteiger partial charge on any atom is 0.262 e. The van der Waals surface area contributed by atoms with Crippen molar-refractivity contribution in [1.29, 1.82) is 0 Å². The first kappa shape index (κ1) is 21.7. The van der Waals surface area contributed by atoms with E-state index in [-0.39, 0.29) is 30.8 Å². The van der Waals surface area contributed by atoms with Gasteiger partial charge in [0.2, 0.25) is 5.91 Å². The topological polar surface area (TPSA) is 107 Å². The average Bonchev–Trinajstić information content (AvgIpc) is 3.02. The number of hydrogen-bond donors (Lipinski definition) is 3. The highest BCUT2D eigenvalue weighted by Gasteiger charge is 2.42. The van der Waals surface area contributed by atoms with Gasteiger partial charge in [0.15, 0.2) is 0 Å². The Hall–Kier alpha value is -3.03. The first-order chi connectivity index (χ1) is 14.6. The molecule has 0 saturated heterocycles. The molecule has 2 aromatic rings. The van der Waals surface area contributed by atoms with E-state index in [4.69, 9.17) is 5.11 Å². The van der Waals surface area contributed by atoms with Gasteiger partial charge in [-0.15, -0.1) is 0 Å². The molecular weight excluding hydrogens is 384 g/mol. The number of rotatable bonds is 10. The van der Waals surface area contributed by atoms with Gasteiger partial charge in [-0.05, 0) is 43.4 Å². The summed E-state index contributed by atoms with van der Waals surface area (Å²) in [5.41, 5.74) is 1.52. The second kappa shape index (κ2) is 10.1. The van der Waals surface area contributed by atoms with Crippen LogP contribution in [0, 0.1) is 0 Å². The minimum Gasteiger partial charge on any atom is -0.396 e. The minimum atomic E-state index is -1.01. The molecule has 0 radical (unpaired) electrons. The van der Waals surface area contributed by atoms with Crippen molar-refractivity contribution in [3.8, 4) is 0 Å². The van der Waals surface area contributed by atoms with E-state index in [1.54, 1.807) is 24.3 Å². The number of benzene rings is 2. The van der Waals surface area contributed by atoms with Gasteiger partial charge in [-0.3, -0.25) is 19.3 Å². The van der Waals surface area contributed by atoms with E-state index >= 15 is 0 Å². The molecule has 3 amide bonds. The zero-order valence-corrected chi connectivity index (χ0v) is 16.7. The van der Waals surface area contributed by atoms with Crippen LogP contribution in [0.2, 0.25) is 0 Å². The van der Waals surface area contributed by atoms with E-state index < -0.39 is 29.8 Å². The van der Waals surface area contributed by atoms with Gasteiger partial charge in [0.25, 0.3) is 11.8 Å². The number of carbonyl (C=O) groups excluding carboxylic acids is 3. The number of amides is 3. The van der Waals surface area contributed by atoms with Gasteiger partial charge in [-0.2, -0.15) is 0 Å². The predicted molar refractivity (Wildman–Crippen MR) is 111 cm³/mol. The Kier molecular flexibility index (Phi) is 7.32. The second-order valence-electron chi connectivity index (χ2n) is 7.34. The Bertz CT molecular complexity index is 864. The number of nitrogens with zero attached hydrogens (tertiary/aromatic N) is 1. The lowest BCUT2D eigenvalue weighted by molar-refractivity contribution is -0.126.